The van der Waals surface area contributed by atoms with E-state index in [-0.39, 0.29) is 12.5 Å². The van der Waals surface area contributed by atoms with E-state index >= 15 is 0 Å². The molecule has 5 rings (SSSR count). The highest BCUT2D eigenvalue weighted by Crippen LogP contribution is 2.30. The quantitative estimate of drug-likeness (QED) is 0.309. The average molecular weight is 527 g/mol. The first-order chi connectivity index (χ1) is 18.5. The maximum Gasteiger partial charge on any atom is 0.416 e. The van der Waals surface area contributed by atoms with Crippen molar-refractivity contribution in [1.29, 1.82) is 0 Å². The highest BCUT2D eigenvalue weighted by molar-refractivity contribution is 5.27. The van der Waals surface area contributed by atoms with E-state index in [1.807, 2.05) is 30.3 Å². The van der Waals surface area contributed by atoms with Crippen molar-refractivity contribution in [1.82, 2.24) is 19.9 Å². The number of hydrogen-bond donors (Lipinski definition) is 0. The van der Waals surface area contributed by atoms with Gasteiger partial charge in [0.2, 0.25) is 5.88 Å². The minimum absolute atomic E-state index is 0.0782. The lowest BCUT2D eigenvalue weighted by Crippen LogP contribution is -2.19. The molecule has 3 heterocycles. The van der Waals surface area contributed by atoms with Crippen LogP contribution >= 0.6 is 0 Å². The van der Waals surface area contributed by atoms with Crippen molar-refractivity contribution in [3.05, 3.63) is 108 Å². The van der Waals surface area contributed by atoms with Crippen LogP contribution in [0.1, 0.15) is 35.0 Å². The predicted octanol–water partition coefficient (Wildman–Crippen LogP) is 5.57. The maximum absolute atomic E-state index is 12.6. The van der Waals surface area contributed by atoms with Crippen LogP contribution < -0.4 is 9.47 Å². The molecule has 1 aliphatic heterocycles. The molecule has 8 nitrogen and oxygen atoms in total. The van der Waals surface area contributed by atoms with Crippen LogP contribution in [0.4, 0.5) is 13.2 Å². The third-order valence-electron chi connectivity index (χ3n) is 5.19. The summed E-state index contributed by atoms with van der Waals surface area (Å²) in [5.41, 5.74) is 1.57. The summed E-state index contributed by atoms with van der Waals surface area (Å²) in [7, 11) is 0. The standard InChI is InChI=1S/C16H15F3N2O3.C11H10N2O/c17-16(18,19)12-4-2-11(3-5-12)9-24-14-13(8-20-10-21-14)15-22-6-1-7-23-15;1-2-5-10(6-3-1)9-14-11-12-7-4-8-13-11/h2-5,8,10,15H,1,6-7,9H2;1-8H,9H2. The first-order valence-electron chi connectivity index (χ1n) is 11.7. The van der Waals surface area contributed by atoms with Gasteiger partial charge in [-0.2, -0.15) is 13.2 Å². The van der Waals surface area contributed by atoms with Gasteiger partial charge in [0, 0.05) is 18.6 Å². The minimum Gasteiger partial charge on any atom is -0.472 e. The van der Waals surface area contributed by atoms with Gasteiger partial charge in [-0.1, -0.05) is 42.5 Å². The summed E-state index contributed by atoms with van der Waals surface area (Å²) in [6.45, 7) is 1.72. The fraction of sp³-hybridized carbons (Fsp3) is 0.259. The molecule has 0 aliphatic carbocycles. The highest BCUT2D eigenvalue weighted by atomic mass is 19.4. The topological polar surface area (TPSA) is 88.5 Å². The second kappa shape index (κ2) is 13.5. The number of halogens is 3. The Bertz CT molecular complexity index is 1200. The summed E-state index contributed by atoms with van der Waals surface area (Å²) in [6, 6.07) is 16.9. The average Bonchev–Trinajstić information content (AvgIpc) is 2.97. The first kappa shape index (κ1) is 27.0. The molecule has 4 aromatic rings. The van der Waals surface area contributed by atoms with Crippen molar-refractivity contribution in [3.8, 4) is 11.9 Å². The maximum atomic E-state index is 12.6. The van der Waals surface area contributed by atoms with E-state index in [4.69, 9.17) is 18.9 Å². The molecular formula is C27H25F3N4O4. The van der Waals surface area contributed by atoms with Crippen LogP contribution in [0.25, 0.3) is 0 Å². The number of rotatable bonds is 7. The lowest BCUT2D eigenvalue weighted by Gasteiger charge is -2.24. The summed E-state index contributed by atoms with van der Waals surface area (Å²) in [5, 5.41) is 0. The molecule has 0 bridgehead atoms. The molecule has 1 saturated heterocycles. The molecule has 1 aliphatic rings. The van der Waals surface area contributed by atoms with Gasteiger partial charge in [0.1, 0.15) is 19.5 Å². The van der Waals surface area contributed by atoms with E-state index in [2.05, 4.69) is 19.9 Å². The fourth-order valence-corrected chi connectivity index (χ4v) is 3.30. The summed E-state index contributed by atoms with van der Waals surface area (Å²) >= 11 is 0. The normalized spacial score (nSPS) is 13.8. The fourth-order valence-electron chi connectivity index (χ4n) is 3.30. The number of hydrogen-bond acceptors (Lipinski definition) is 8. The smallest absolute Gasteiger partial charge is 0.416 e. The Hall–Kier alpha value is -4.09. The number of aromatic nitrogens is 4. The monoisotopic (exact) mass is 526 g/mol. The van der Waals surface area contributed by atoms with Crippen molar-refractivity contribution >= 4 is 0 Å². The van der Waals surface area contributed by atoms with E-state index in [0.29, 0.717) is 37.0 Å². The number of alkyl halides is 3. The van der Waals surface area contributed by atoms with Crippen molar-refractivity contribution in [3.63, 3.8) is 0 Å². The van der Waals surface area contributed by atoms with Crippen LogP contribution in [0.2, 0.25) is 0 Å². The Morgan fingerprint density at radius 3 is 2.13 bits per heavy atom. The Balaban J connectivity index is 0.000000204. The number of ether oxygens (including phenoxy) is 4. The van der Waals surface area contributed by atoms with Gasteiger partial charge in [-0.05, 0) is 35.7 Å². The van der Waals surface area contributed by atoms with E-state index < -0.39 is 18.0 Å². The highest BCUT2D eigenvalue weighted by Gasteiger charge is 2.30. The van der Waals surface area contributed by atoms with Gasteiger partial charge < -0.3 is 18.9 Å². The zero-order valence-electron chi connectivity index (χ0n) is 20.3. The van der Waals surface area contributed by atoms with Gasteiger partial charge in [-0.25, -0.2) is 19.9 Å². The zero-order chi connectivity index (χ0) is 26.6. The molecule has 198 valence electrons. The van der Waals surface area contributed by atoms with Crippen LogP contribution in [-0.2, 0) is 28.9 Å². The minimum atomic E-state index is -4.35. The SMILES string of the molecule is FC(F)(F)c1ccc(COc2ncncc2C2OCCCO2)cc1.c1ccc(COc2ncccn2)cc1. The van der Waals surface area contributed by atoms with E-state index in [1.165, 1.54) is 18.5 Å². The van der Waals surface area contributed by atoms with Crippen molar-refractivity contribution in [2.75, 3.05) is 13.2 Å². The van der Waals surface area contributed by atoms with Crippen LogP contribution in [-0.4, -0.2) is 33.1 Å². The number of nitrogens with zero attached hydrogens (tertiary/aromatic N) is 4. The van der Waals surface area contributed by atoms with Crippen LogP contribution in [0.5, 0.6) is 11.9 Å². The molecule has 1 fully saturated rings. The Morgan fingerprint density at radius 1 is 0.789 bits per heavy atom. The van der Waals surface area contributed by atoms with E-state index in [0.717, 1.165) is 24.1 Å². The van der Waals surface area contributed by atoms with Gasteiger partial charge in [0.15, 0.2) is 6.29 Å². The van der Waals surface area contributed by atoms with E-state index in [9.17, 15) is 13.2 Å². The third kappa shape index (κ3) is 8.22. The van der Waals surface area contributed by atoms with Crippen molar-refractivity contribution in [2.45, 2.75) is 32.1 Å². The largest absolute Gasteiger partial charge is 0.472 e. The molecule has 0 unspecified atom stereocenters. The molecule has 0 spiro atoms. The van der Waals surface area contributed by atoms with Crippen LogP contribution in [0, 0.1) is 0 Å². The Kier molecular flexibility index (Phi) is 9.54. The Morgan fingerprint density at radius 2 is 1.45 bits per heavy atom. The Labute approximate surface area is 217 Å². The van der Waals surface area contributed by atoms with Gasteiger partial charge in [0.05, 0.1) is 24.3 Å². The van der Waals surface area contributed by atoms with Crippen molar-refractivity contribution in [2.24, 2.45) is 0 Å². The molecule has 0 amide bonds. The molecule has 11 heteroatoms. The van der Waals surface area contributed by atoms with Gasteiger partial charge in [-0.15, -0.1) is 0 Å². The van der Waals surface area contributed by atoms with Gasteiger partial charge >= 0.3 is 12.2 Å². The van der Waals surface area contributed by atoms with Gasteiger partial charge in [-0.3, -0.25) is 0 Å². The molecule has 0 N–H and O–H groups in total. The second-order valence-corrected chi connectivity index (χ2v) is 8.00. The lowest BCUT2D eigenvalue weighted by atomic mass is 10.1. The third-order valence-corrected chi connectivity index (χ3v) is 5.19. The summed E-state index contributed by atoms with van der Waals surface area (Å²) in [5.74, 6) is 0.289. The number of benzene rings is 2. The summed E-state index contributed by atoms with van der Waals surface area (Å²) in [4.78, 5) is 15.9. The molecule has 2 aromatic carbocycles. The molecule has 0 atom stereocenters. The van der Waals surface area contributed by atoms with Crippen molar-refractivity contribution < 1.29 is 32.1 Å². The molecule has 2 aromatic heterocycles. The van der Waals surface area contributed by atoms with E-state index in [1.54, 1.807) is 24.7 Å². The van der Waals surface area contributed by atoms with Gasteiger partial charge in [0.25, 0.3) is 0 Å². The summed E-state index contributed by atoms with van der Waals surface area (Å²) < 4.78 is 59.6. The molecule has 0 radical (unpaired) electrons. The molecule has 38 heavy (non-hydrogen) atoms. The first-order valence-corrected chi connectivity index (χ1v) is 11.7. The predicted molar refractivity (Wildman–Crippen MR) is 130 cm³/mol. The molecular weight excluding hydrogens is 501 g/mol. The second-order valence-electron chi connectivity index (χ2n) is 8.00. The zero-order valence-corrected chi connectivity index (χ0v) is 20.3. The summed E-state index contributed by atoms with van der Waals surface area (Å²) in [6.07, 6.45) is 2.06. The van der Waals surface area contributed by atoms with Crippen LogP contribution in [0.15, 0.2) is 85.6 Å². The van der Waals surface area contributed by atoms with Crippen LogP contribution in [0.3, 0.4) is 0 Å². The molecule has 0 saturated carbocycles. The lowest BCUT2D eigenvalue weighted by molar-refractivity contribution is -0.184.